The number of hydrogen-bond donors (Lipinski definition) is 2. The van der Waals surface area contributed by atoms with Gasteiger partial charge in [-0.05, 0) is 62.1 Å². The highest BCUT2D eigenvalue weighted by atomic mass is 19.1. The molecule has 0 spiro atoms. The lowest BCUT2D eigenvalue weighted by Gasteiger charge is -2.40. The Balaban J connectivity index is 1.37. The normalized spacial score (nSPS) is 18.4. The van der Waals surface area contributed by atoms with Crippen LogP contribution < -0.4 is 10.6 Å². The third-order valence-electron chi connectivity index (χ3n) is 6.52. The predicted octanol–water partition coefficient (Wildman–Crippen LogP) is 4.48. The van der Waals surface area contributed by atoms with Crippen LogP contribution in [0.3, 0.4) is 0 Å². The molecule has 0 aromatic heterocycles. The van der Waals surface area contributed by atoms with Crippen LogP contribution in [0.4, 0.5) is 20.6 Å². The average Bonchev–Trinajstić information content (AvgIpc) is 3.32. The van der Waals surface area contributed by atoms with E-state index < -0.39 is 0 Å². The molecule has 32 heavy (non-hydrogen) atoms. The zero-order valence-corrected chi connectivity index (χ0v) is 18.5. The first-order valence-corrected chi connectivity index (χ1v) is 11.4. The number of nitrogens with zero attached hydrogens (tertiary/aromatic N) is 2. The second-order valence-electron chi connectivity index (χ2n) is 8.80. The van der Waals surface area contributed by atoms with Crippen LogP contribution in [-0.2, 0) is 4.79 Å². The lowest BCUT2D eigenvalue weighted by molar-refractivity contribution is -0.123. The summed E-state index contributed by atoms with van der Waals surface area (Å²) in [5, 5.41) is 5.93. The second-order valence-corrected chi connectivity index (χ2v) is 8.80. The van der Waals surface area contributed by atoms with E-state index in [1.54, 1.807) is 17.0 Å². The molecule has 2 aromatic rings. The van der Waals surface area contributed by atoms with Gasteiger partial charge in [-0.3, -0.25) is 9.69 Å². The van der Waals surface area contributed by atoms with Gasteiger partial charge in [0.1, 0.15) is 5.82 Å². The minimum atomic E-state index is -0.335. The van der Waals surface area contributed by atoms with E-state index in [4.69, 9.17) is 0 Å². The van der Waals surface area contributed by atoms with Gasteiger partial charge in [-0.2, -0.15) is 0 Å². The Morgan fingerprint density at radius 3 is 2.06 bits per heavy atom. The number of benzene rings is 2. The molecule has 2 fully saturated rings. The molecule has 1 saturated heterocycles. The van der Waals surface area contributed by atoms with Crippen molar-refractivity contribution in [3.05, 3.63) is 59.9 Å². The first kappa shape index (κ1) is 22.3. The van der Waals surface area contributed by atoms with Crippen LogP contribution in [0.15, 0.2) is 48.5 Å². The first-order valence-electron chi connectivity index (χ1n) is 11.4. The summed E-state index contributed by atoms with van der Waals surface area (Å²) in [6.45, 7) is 4.43. The smallest absolute Gasteiger partial charge is 0.321 e. The Morgan fingerprint density at radius 1 is 0.875 bits per heavy atom. The van der Waals surface area contributed by atoms with Gasteiger partial charge in [0.25, 0.3) is 0 Å². The fourth-order valence-electron chi connectivity index (χ4n) is 4.74. The number of aryl methyl sites for hydroxylation is 1. The topological polar surface area (TPSA) is 64.7 Å². The molecule has 2 aromatic carbocycles. The van der Waals surface area contributed by atoms with Crippen LogP contribution in [0.5, 0.6) is 0 Å². The molecule has 1 aliphatic heterocycles. The Hall–Kier alpha value is -2.93. The Labute approximate surface area is 188 Å². The predicted molar refractivity (Wildman–Crippen MR) is 124 cm³/mol. The van der Waals surface area contributed by atoms with Gasteiger partial charge < -0.3 is 15.5 Å². The molecule has 1 aliphatic carbocycles. The highest BCUT2D eigenvalue weighted by Gasteiger charge is 2.37. The van der Waals surface area contributed by atoms with Gasteiger partial charge in [0.2, 0.25) is 5.91 Å². The molecule has 1 saturated carbocycles. The molecule has 0 unspecified atom stereocenters. The Morgan fingerprint density at radius 2 is 1.44 bits per heavy atom. The van der Waals surface area contributed by atoms with Crippen molar-refractivity contribution >= 4 is 23.3 Å². The average molecular weight is 439 g/mol. The molecule has 1 atom stereocenters. The summed E-state index contributed by atoms with van der Waals surface area (Å²) < 4.78 is 13.1. The Bertz CT molecular complexity index is 918. The summed E-state index contributed by atoms with van der Waals surface area (Å²) in [5.41, 5.74) is 2.55. The fraction of sp³-hybridized carbons (Fsp3) is 0.440. The van der Waals surface area contributed by atoms with Crippen molar-refractivity contribution in [2.75, 3.05) is 36.8 Å². The number of amides is 3. The standard InChI is InChI=1S/C25H31FN4O2/c1-18-6-10-21(11-7-18)27-24(31)23(19-4-2-3-5-19)29-14-16-30(17-15-29)25(32)28-22-12-8-20(26)9-13-22/h6-13,19,23H,2-5,14-17H2,1H3,(H,27,31)(H,28,32)/t23-/m1/s1. The lowest BCUT2D eigenvalue weighted by Crippen LogP contribution is -2.57. The summed E-state index contributed by atoms with van der Waals surface area (Å²) >= 11 is 0. The third kappa shape index (κ3) is 5.46. The first-order chi connectivity index (χ1) is 15.5. The van der Waals surface area contributed by atoms with Crippen LogP contribution in [0.2, 0.25) is 0 Å². The number of piperazine rings is 1. The molecule has 3 amide bonds. The second kappa shape index (κ2) is 10.1. The minimum Gasteiger partial charge on any atom is -0.325 e. The molecule has 0 radical (unpaired) electrons. The summed E-state index contributed by atoms with van der Waals surface area (Å²) in [6, 6.07) is 13.3. The summed E-state index contributed by atoms with van der Waals surface area (Å²) in [5.74, 6) is 0.0588. The maximum absolute atomic E-state index is 13.3. The van der Waals surface area contributed by atoms with Gasteiger partial charge in [0.05, 0.1) is 6.04 Å². The summed E-state index contributed by atoms with van der Waals surface area (Å²) in [4.78, 5) is 29.9. The van der Waals surface area contributed by atoms with Crippen LogP contribution in [0.25, 0.3) is 0 Å². The molecular weight excluding hydrogens is 407 g/mol. The van der Waals surface area contributed by atoms with Gasteiger partial charge in [0, 0.05) is 37.6 Å². The van der Waals surface area contributed by atoms with Crippen LogP contribution in [0, 0.1) is 18.7 Å². The number of carbonyl (C=O) groups is 2. The molecule has 2 aliphatic rings. The van der Waals surface area contributed by atoms with Gasteiger partial charge in [-0.1, -0.05) is 30.5 Å². The number of carbonyl (C=O) groups excluding carboxylic acids is 2. The van der Waals surface area contributed by atoms with E-state index in [1.165, 1.54) is 25.0 Å². The number of halogens is 1. The number of nitrogens with one attached hydrogen (secondary N) is 2. The van der Waals surface area contributed by atoms with E-state index in [0.717, 1.165) is 24.1 Å². The highest BCUT2D eigenvalue weighted by Crippen LogP contribution is 2.31. The number of rotatable bonds is 5. The van der Waals surface area contributed by atoms with Crippen molar-refractivity contribution < 1.29 is 14.0 Å². The van der Waals surface area contributed by atoms with E-state index in [9.17, 15) is 14.0 Å². The molecule has 4 rings (SSSR count). The van der Waals surface area contributed by atoms with E-state index in [0.29, 0.717) is 37.8 Å². The van der Waals surface area contributed by atoms with Crippen molar-refractivity contribution in [1.82, 2.24) is 9.80 Å². The lowest BCUT2D eigenvalue weighted by atomic mass is 9.95. The fourth-order valence-corrected chi connectivity index (χ4v) is 4.74. The van der Waals surface area contributed by atoms with Gasteiger partial charge >= 0.3 is 6.03 Å². The maximum atomic E-state index is 13.3. The van der Waals surface area contributed by atoms with Crippen molar-refractivity contribution in [3.8, 4) is 0 Å². The maximum Gasteiger partial charge on any atom is 0.321 e. The van der Waals surface area contributed by atoms with Crippen molar-refractivity contribution in [2.45, 2.75) is 38.6 Å². The molecule has 7 heteroatoms. The molecule has 6 nitrogen and oxygen atoms in total. The van der Waals surface area contributed by atoms with E-state index in [-0.39, 0.29) is 23.8 Å². The zero-order valence-electron chi connectivity index (χ0n) is 18.5. The van der Waals surface area contributed by atoms with Crippen LogP contribution in [0.1, 0.15) is 31.2 Å². The van der Waals surface area contributed by atoms with Crippen molar-refractivity contribution in [3.63, 3.8) is 0 Å². The molecular formula is C25H31FN4O2. The summed E-state index contributed by atoms with van der Waals surface area (Å²) in [6.07, 6.45) is 4.46. The Kier molecular flexibility index (Phi) is 7.05. The van der Waals surface area contributed by atoms with E-state index >= 15 is 0 Å². The van der Waals surface area contributed by atoms with Crippen molar-refractivity contribution in [1.29, 1.82) is 0 Å². The molecule has 1 heterocycles. The minimum absolute atomic E-state index is 0.0463. The molecule has 170 valence electrons. The van der Waals surface area contributed by atoms with E-state index in [1.807, 2.05) is 31.2 Å². The van der Waals surface area contributed by atoms with Crippen molar-refractivity contribution in [2.24, 2.45) is 5.92 Å². The van der Waals surface area contributed by atoms with Crippen LogP contribution in [-0.4, -0.2) is 54.0 Å². The monoisotopic (exact) mass is 438 g/mol. The SMILES string of the molecule is Cc1ccc(NC(=O)[C@@H](C2CCCC2)N2CCN(C(=O)Nc3ccc(F)cc3)CC2)cc1. The van der Waals surface area contributed by atoms with Gasteiger partial charge in [0.15, 0.2) is 0 Å². The highest BCUT2D eigenvalue weighted by molar-refractivity contribution is 5.95. The molecule has 0 bridgehead atoms. The molecule has 2 N–H and O–H groups in total. The largest absolute Gasteiger partial charge is 0.325 e. The number of hydrogen-bond acceptors (Lipinski definition) is 3. The number of urea groups is 1. The number of anilines is 2. The van der Waals surface area contributed by atoms with Gasteiger partial charge in [-0.25, -0.2) is 9.18 Å². The summed E-state index contributed by atoms with van der Waals surface area (Å²) in [7, 11) is 0. The van der Waals surface area contributed by atoms with E-state index in [2.05, 4.69) is 15.5 Å². The third-order valence-corrected chi connectivity index (χ3v) is 6.52. The quantitative estimate of drug-likeness (QED) is 0.723. The van der Waals surface area contributed by atoms with Gasteiger partial charge in [-0.15, -0.1) is 0 Å². The zero-order chi connectivity index (χ0) is 22.5. The van der Waals surface area contributed by atoms with Crippen LogP contribution >= 0.6 is 0 Å².